The number of nitrogens with zero attached hydrogens (tertiary/aromatic N) is 2. The van der Waals surface area contributed by atoms with E-state index in [0.29, 0.717) is 0 Å². The van der Waals surface area contributed by atoms with Crippen molar-refractivity contribution in [3.8, 4) is 0 Å². The molecule has 0 saturated heterocycles. The van der Waals surface area contributed by atoms with Gasteiger partial charge in [-0.3, -0.25) is 11.3 Å². The maximum atomic E-state index is 5.39. The van der Waals surface area contributed by atoms with Crippen LogP contribution in [0.4, 0.5) is 0 Å². The van der Waals surface area contributed by atoms with E-state index in [9.17, 15) is 0 Å². The SMILES string of the molecule is C=C(CC)CC(NN)c1cn[nH]n1. The van der Waals surface area contributed by atoms with E-state index < -0.39 is 0 Å². The summed E-state index contributed by atoms with van der Waals surface area (Å²) in [6.45, 7) is 5.99. The average molecular weight is 181 g/mol. The van der Waals surface area contributed by atoms with Gasteiger partial charge in [-0.15, -0.1) is 0 Å². The largest absolute Gasteiger partial charge is 0.271 e. The molecule has 0 spiro atoms. The minimum absolute atomic E-state index is 0.00574. The summed E-state index contributed by atoms with van der Waals surface area (Å²) >= 11 is 0. The first-order chi connectivity index (χ1) is 6.27. The van der Waals surface area contributed by atoms with Gasteiger partial charge in [-0.1, -0.05) is 19.1 Å². The summed E-state index contributed by atoms with van der Waals surface area (Å²) < 4.78 is 0. The Morgan fingerprint density at radius 2 is 2.62 bits per heavy atom. The smallest absolute Gasteiger partial charge is 0.101 e. The summed E-state index contributed by atoms with van der Waals surface area (Å²) in [5, 5.41) is 10.2. The molecule has 4 N–H and O–H groups in total. The lowest BCUT2D eigenvalue weighted by atomic mass is 10.0. The predicted octanol–water partition coefficient (Wildman–Crippen LogP) is 0.665. The first-order valence-corrected chi connectivity index (χ1v) is 4.26. The fourth-order valence-corrected chi connectivity index (χ4v) is 1.06. The van der Waals surface area contributed by atoms with Crippen molar-refractivity contribution in [3.63, 3.8) is 0 Å². The maximum Gasteiger partial charge on any atom is 0.101 e. The Kier molecular flexibility index (Phi) is 3.60. The maximum absolute atomic E-state index is 5.39. The lowest BCUT2D eigenvalue weighted by Gasteiger charge is -2.13. The van der Waals surface area contributed by atoms with Gasteiger partial charge in [-0.05, 0) is 12.8 Å². The van der Waals surface area contributed by atoms with Gasteiger partial charge in [0, 0.05) is 0 Å². The molecule has 0 aliphatic heterocycles. The average Bonchev–Trinajstić information content (AvgIpc) is 2.66. The van der Waals surface area contributed by atoms with Crippen molar-refractivity contribution in [2.75, 3.05) is 0 Å². The number of hydrazine groups is 1. The Labute approximate surface area is 77.4 Å². The molecule has 0 radical (unpaired) electrons. The molecule has 1 aromatic rings. The molecule has 0 aliphatic rings. The van der Waals surface area contributed by atoms with Gasteiger partial charge in [0.2, 0.25) is 0 Å². The Morgan fingerprint density at radius 3 is 3.08 bits per heavy atom. The van der Waals surface area contributed by atoms with E-state index >= 15 is 0 Å². The molecule has 5 nitrogen and oxygen atoms in total. The first kappa shape index (κ1) is 9.88. The number of aromatic amines is 1. The second kappa shape index (κ2) is 4.74. The van der Waals surface area contributed by atoms with E-state index in [4.69, 9.17) is 5.84 Å². The van der Waals surface area contributed by atoms with Crippen LogP contribution < -0.4 is 11.3 Å². The summed E-state index contributed by atoms with van der Waals surface area (Å²) in [7, 11) is 0. The fourth-order valence-electron chi connectivity index (χ4n) is 1.06. The van der Waals surface area contributed by atoms with Crippen molar-refractivity contribution < 1.29 is 0 Å². The monoisotopic (exact) mass is 181 g/mol. The number of nitrogens with two attached hydrogens (primary N) is 1. The molecule has 1 rings (SSSR count). The number of rotatable bonds is 5. The van der Waals surface area contributed by atoms with Crippen LogP contribution in [0.25, 0.3) is 0 Å². The molecule has 0 aromatic carbocycles. The van der Waals surface area contributed by atoms with Gasteiger partial charge >= 0.3 is 0 Å². The van der Waals surface area contributed by atoms with Crippen LogP contribution in [0.5, 0.6) is 0 Å². The highest BCUT2D eigenvalue weighted by atomic mass is 15.3. The lowest BCUT2D eigenvalue weighted by molar-refractivity contribution is 0.530. The van der Waals surface area contributed by atoms with Crippen molar-refractivity contribution in [3.05, 3.63) is 24.0 Å². The second-order valence-electron chi connectivity index (χ2n) is 2.92. The summed E-state index contributed by atoms with van der Waals surface area (Å²) in [4.78, 5) is 0. The quantitative estimate of drug-likeness (QED) is 0.354. The van der Waals surface area contributed by atoms with Crippen molar-refractivity contribution >= 4 is 0 Å². The number of hydrogen-bond acceptors (Lipinski definition) is 4. The van der Waals surface area contributed by atoms with Crippen molar-refractivity contribution in [1.29, 1.82) is 0 Å². The third-order valence-corrected chi connectivity index (χ3v) is 1.98. The summed E-state index contributed by atoms with van der Waals surface area (Å²) in [5.41, 5.74) is 4.65. The normalized spacial score (nSPS) is 12.8. The van der Waals surface area contributed by atoms with Gasteiger partial charge < -0.3 is 0 Å². The molecule has 0 saturated carbocycles. The highest BCUT2D eigenvalue weighted by Crippen LogP contribution is 2.17. The molecule has 13 heavy (non-hydrogen) atoms. The fraction of sp³-hybridized carbons (Fsp3) is 0.500. The van der Waals surface area contributed by atoms with Gasteiger partial charge in [0.1, 0.15) is 5.69 Å². The highest BCUT2D eigenvalue weighted by molar-refractivity contribution is 5.06. The molecule has 72 valence electrons. The molecule has 1 unspecified atom stereocenters. The van der Waals surface area contributed by atoms with Crippen LogP contribution in [0, 0.1) is 0 Å². The molecule has 5 heteroatoms. The Balaban J connectivity index is 2.58. The van der Waals surface area contributed by atoms with Crippen LogP contribution in [-0.2, 0) is 0 Å². The van der Waals surface area contributed by atoms with Crippen molar-refractivity contribution in [1.82, 2.24) is 20.8 Å². The zero-order valence-corrected chi connectivity index (χ0v) is 7.75. The van der Waals surface area contributed by atoms with Crippen LogP contribution in [0.2, 0.25) is 0 Å². The minimum atomic E-state index is 0.00574. The van der Waals surface area contributed by atoms with Gasteiger partial charge in [-0.2, -0.15) is 15.4 Å². The summed E-state index contributed by atoms with van der Waals surface area (Å²) in [5.74, 6) is 5.39. The highest BCUT2D eigenvalue weighted by Gasteiger charge is 2.12. The second-order valence-corrected chi connectivity index (χ2v) is 2.92. The van der Waals surface area contributed by atoms with E-state index in [0.717, 1.165) is 24.1 Å². The Bertz CT molecular complexity index is 254. The zero-order valence-electron chi connectivity index (χ0n) is 7.75. The van der Waals surface area contributed by atoms with Gasteiger partial charge in [0.15, 0.2) is 0 Å². The zero-order chi connectivity index (χ0) is 9.68. The van der Waals surface area contributed by atoms with Crippen molar-refractivity contribution in [2.45, 2.75) is 25.8 Å². The van der Waals surface area contributed by atoms with Crippen LogP contribution in [0.3, 0.4) is 0 Å². The van der Waals surface area contributed by atoms with Crippen LogP contribution >= 0.6 is 0 Å². The molecule has 0 bridgehead atoms. The molecule has 0 fully saturated rings. The number of nitrogens with one attached hydrogen (secondary N) is 2. The molecule has 0 amide bonds. The van der Waals surface area contributed by atoms with Crippen LogP contribution in [-0.4, -0.2) is 15.4 Å². The van der Waals surface area contributed by atoms with E-state index in [-0.39, 0.29) is 6.04 Å². The Morgan fingerprint density at radius 1 is 1.85 bits per heavy atom. The molecular formula is C8H15N5. The van der Waals surface area contributed by atoms with Crippen LogP contribution in [0.15, 0.2) is 18.3 Å². The minimum Gasteiger partial charge on any atom is -0.271 e. The van der Waals surface area contributed by atoms with E-state index in [2.05, 4.69) is 34.3 Å². The number of aromatic nitrogens is 3. The van der Waals surface area contributed by atoms with Crippen molar-refractivity contribution in [2.24, 2.45) is 5.84 Å². The summed E-state index contributed by atoms with van der Waals surface area (Å²) in [6, 6.07) is 0.00574. The molecule has 1 aromatic heterocycles. The van der Waals surface area contributed by atoms with E-state index in [1.54, 1.807) is 6.20 Å². The first-order valence-electron chi connectivity index (χ1n) is 4.26. The molecular weight excluding hydrogens is 166 g/mol. The van der Waals surface area contributed by atoms with Gasteiger partial charge in [-0.25, -0.2) is 0 Å². The van der Waals surface area contributed by atoms with E-state index in [1.807, 2.05) is 0 Å². The molecule has 1 heterocycles. The third kappa shape index (κ3) is 2.64. The number of hydrogen-bond donors (Lipinski definition) is 3. The van der Waals surface area contributed by atoms with Gasteiger partial charge in [0.25, 0.3) is 0 Å². The Hall–Kier alpha value is -1.20. The molecule has 0 aliphatic carbocycles. The molecule has 1 atom stereocenters. The number of H-pyrrole nitrogens is 1. The summed E-state index contributed by atoms with van der Waals surface area (Å²) in [6.07, 6.45) is 3.41. The topological polar surface area (TPSA) is 79.6 Å². The lowest BCUT2D eigenvalue weighted by Crippen LogP contribution is -2.28. The van der Waals surface area contributed by atoms with E-state index in [1.165, 1.54) is 0 Å². The third-order valence-electron chi connectivity index (χ3n) is 1.98. The standard InChI is InChI=1S/C8H15N5/c1-3-6(2)4-7(11-9)8-5-10-13-12-8/h5,7,11H,2-4,9H2,1H3,(H,10,12,13). The van der Waals surface area contributed by atoms with Crippen LogP contribution in [0.1, 0.15) is 31.5 Å². The predicted molar refractivity (Wildman–Crippen MR) is 50.5 cm³/mol. The van der Waals surface area contributed by atoms with Gasteiger partial charge in [0.05, 0.1) is 12.2 Å².